The van der Waals surface area contributed by atoms with Gasteiger partial charge in [0.15, 0.2) is 5.65 Å². The zero-order chi connectivity index (χ0) is 21.4. The summed E-state index contributed by atoms with van der Waals surface area (Å²) in [5.41, 5.74) is 1.66. The lowest BCUT2D eigenvalue weighted by Crippen LogP contribution is -2.08. The average molecular weight is 417 g/mol. The summed E-state index contributed by atoms with van der Waals surface area (Å²) in [6.45, 7) is -0.950. The normalized spacial score (nSPS) is 12.7. The molecule has 0 radical (unpaired) electrons. The van der Waals surface area contributed by atoms with E-state index in [1.807, 2.05) is 0 Å². The molecule has 9 nitrogen and oxygen atoms in total. The number of fused-ring (bicyclic) bond motifs is 2. The van der Waals surface area contributed by atoms with E-state index >= 15 is 0 Å². The van der Waals surface area contributed by atoms with Crippen molar-refractivity contribution in [2.24, 2.45) is 0 Å². The summed E-state index contributed by atoms with van der Waals surface area (Å²) < 4.78 is 31.5. The molecule has 30 heavy (non-hydrogen) atoms. The minimum Gasteiger partial charge on any atom is -0.478 e. The fraction of sp³-hybridized carbons (Fsp3) is 0.263. The molecule has 0 amide bonds. The Morgan fingerprint density at radius 2 is 2.17 bits per heavy atom. The summed E-state index contributed by atoms with van der Waals surface area (Å²) in [5, 5.41) is 23.9. The van der Waals surface area contributed by atoms with Crippen LogP contribution in [0.2, 0.25) is 0 Å². The molecule has 0 bridgehead atoms. The molecular formula is C19H17F2N5O4. The number of alkyl halides is 2. The first-order chi connectivity index (χ1) is 14.3. The van der Waals surface area contributed by atoms with Gasteiger partial charge in [-0.3, -0.25) is 4.68 Å². The van der Waals surface area contributed by atoms with Crippen molar-refractivity contribution in [2.75, 3.05) is 0 Å². The summed E-state index contributed by atoms with van der Waals surface area (Å²) in [7, 11) is 0. The summed E-state index contributed by atoms with van der Waals surface area (Å²) in [4.78, 5) is 22.7. The highest BCUT2D eigenvalue weighted by atomic mass is 19.3. The van der Waals surface area contributed by atoms with Crippen molar-refractivity contribution < 1.29 is 28.5 Å². The molecule has 0 aliphatic rings. The van der Waals surface area contributed by atoms with E-state index in [1.54, 1.807) is 17.7 Å². The number of nitrogens with zero attached hydrogens (tertiary/aromatic N) is 4. The van der Waals surface area contributed by atoms with Gasteiger partial charge in [0.2, 0.25) is 0 Å². The Kier molecular flexibility index (Phi) is 5.04. The summed E-state index contributed by atoms with van der Waals surface area (Å²) in [5.74, 6) is -1.21. The number of aromatic carboxylic acids is 1. The maximum Gasteiger partial charge on any atom is 0.387 e. The van der Waals surface area contributed by atoms with Gasteiger partial charge < -0.3 is 19.9 Å². The SMILES string of the molecule is CC(O)CCn1nc(-c2cnc3[nH]cc(C(=O)O)c3n2)c2cc(OC(F)F)ccc21. The van der Waals surface area contributed by atoms with Gasteiger partial charge in [-0.25, -0.2) is 14.8 Å². The van der Waals surface area contributed by atoms with E-state index in [-0.39, 0.29) is 22.5 Å². The largest absolute Gasteiger partial charge is 0.478 e. The number of hydrogen-bond donors (Lipinski definition) is 3. The van der Waals surface area contributed by atoms with Gasteiger partial charge in [0.25, 0.3) is 0 Å². The molecular weight excluding hydrogens is 400 g/mol. The number of aromatic nitrogens is 5. The number of ether oxygens (including phenoxy) is 1. The average Bonchev–Trinajstić information content (AvgIpc) is 3.26. The van der Waals surface area contributed by atoms with Crippen LogP contribution < -0.4 is 4.74 Å². The molecule has 4 rings (SSSR count). The molecule has 0 saturated heterocycles. The molecule has 11 heteroatoms. The van der Waals surface area contributed by atoms with Crippen molar-refractivity contribution in [1.29, 1.82) is 0 Å². The fourth-order valence-electron chi connectivity index (χ4n) is 3.17. The predicted octanol–water partition coefficient (Wildman–Crippen LogP) is 3.05. The highest BCUT2D eigenvalue weighted by Crippen LogP contribution is 2.31. The second-order valence-electron chi connectivity index (χ2n) is 6.73. The van der Waals surface area contributed by atoms with Gasteiger partial charge in [-0.15, -0.1) is 0 Å². The number of halogens is 2. The Morgan fingerprint density at radius 1 is 1.37 bits per heavy atom. The Hall–Kier alpha value is -3.60. The summed E-state index contributed by atoms with van der Waals surface area (Å²) >= 11 is 0. The molecule has 3 heterocycles. The van der Waals surface area contributed by atoms with Crippen LogP contribution in [0.1, 0.15) is 23.7 Å². The Balaban J connectivity index is 1.88. The highest BCUT2D eigenvalue weighted by molar-refractivity contribution is 6.01. The molecule has 1 unspecified atom stereocenters. The number of aliphatic hydroxyl groups is 1. The number of aryl methyl sites for hydroxylation is 1. The zero-order valence-corrected chi connectivity index (χ0v) is 15.7. The predicted molar refractivity (Wildman–Crippen MR) is 103 cm³/mol. The lowest BCUT2D eigenvalue weighted by atomic mass is 10.1. The van der Waals surface area contributed by atoms with Crippen LogP contribution >= 0.6 is 0 Å². The zero-order valence-electron chi connectivity index (χ0n) is 15.7. The van der Waals surface area contributed by atoms with Crippen LogP contribution in [-0.2, 0) is 6.54 Å². The number of rotatable bonds is 7. The topological polar surface area (TPSA) is 126 Å². The van der Waals surface area contributed by atoms with Crippen LogP contribution in [0, 0.1) is 0 Å². The van der Waals surface area contributed by atoms with Crippen LogP contribution in [0.3, 0.4) is 0 Å². The first-order valence-electron chi connectivity index (χ1n) is 9.04. The molecule has 0 saturated carbocycles. The van der Waals surface area contributed by atoms with Crippen molar-refractivity contribution in [2.45, 2.75) is 32.6 Å². The minimum atomic E-state index is -2.98. The van der Waals surface area contributed by atoms with Crippen LogP contribution in [0.4, 0.5) is 8.78 Å². The van der Waals surface area contributed by atoms with E-state index in [2.05, 4.69) is 24.8 Å². The monoisotopic (exact) mass is 417 g/mol. The second-order valence-corrected chi connectivity index (χ2v) is 6.73. The summed E-state index contributed by atoms with van der Waals surface area (Å²) in [6, 6.07) is 4.42. The number of benzene rings is 1. The van der Waals surface area contributed by atoms with Crippen molar-refractivity contribution in [3.8, 4) is 17.1 Å². The summed E-state index contributed by atoms with van der Waals surface area (Å²) in [6.07, 6.45) is 2.59. The van der Waals surface area contributed by atoms with E-state index in [4.69, 9.17) is 0 Å². The minimum absolute atomic E-state index is 0.0427. The fourth-order valence-corrected chi connectivity index (χ4v) is 3.17. The molecule has 3 aromatic heterocycles. The number of carbonyl (C=O) groups is 1. The molecule has 0 aliphatic carbocycles. The maximum absolute atomic E-state index is 12.7. The quantitative estimate of drug-likeness (QED) is 0.422. The third-order valence-electron chi connectivity index (χ3n) is 4.56. The smallest absolute Gasteiger partial charge is 0.387 e. The number of carboxylic acids is 1. The van der Waals surface area contributed by atoms with Gasteiger partial charge in [0.05, 0.1) is 17.8 Å². The molecule has 0 fully saturated rings. The van der Waals surface area contributed by atoms with Crippen molar-refractivity contribution in [1.82, 2.24) is 24.7 Å². The number of aromatic amines is 1. The van der Waals surface area contributed by atoms with E-state index in [0.29, 0.717) is 35.2 Å². The third-order valence-corrected chi connectivity index (χ3v) is 4.56. The lowest BCUT2D eigenvalue weighted by Gasteiger charge is -2.07. The van der Waals surface area contributed by atoms with Crippen molar-refractivity contribution >= 4 is 28.0 Å². The van der Waals surface area contributed by atoms with E-state index in [9.17, 15) is 23.8 Å². The van der Waals surface area contributed by atoms with Crippen molar-refractivity contribution in [3.63, 3.8) is 0 Å². The van der Waals surface area contributed by atoms with Crippen molar-refractivity contribution in [3.05, 3.63) is 36.2 Å². The highest BCUT2D eigenvalue weighted by Gasteiger charge is 2.19. The molecule has 3 N–H and O–H groups in total. The van der Waals surface area contributed by atoms with E-state index in [1.165, 1.54) is 24.5 Å². The molecule has 1 aromatic carbocycles. The Morgan fingerprint density at radius 3 is 2.87 bits per heavy atom. The molecule has 4 aromatic rings. The lowest BCUT2D eigenvalue weighted by molar-refractivity contribution is -0.0497. The van der Waals surface area contributed by atoms with Crippen LogP contribution in [0.5, 0.6) is 5.75 Å². The molecule has 156 valence electrons. The standard InChI is InChI=1S/C19H17F2N5O4/c1-9(27)4-5-26-14-3-2-10(30-19(20)21)6-11(14)15(25-26)13-8-23-17-16(24-13)12(7-22-17)18(28)29/h2-3,6-9,19,27H,4-5H2,1H3,(H,22,23)(H,28,29). The first-order valence-corrected chi connectivity index (χ1v) is 9.04. The third kappa shape index (κ3) is 3.66. The van der Waals surface area contributed by atoms with Crippen LogP contribution in [-0.4, -0.2) is 53.6 Å². The van der Waals surface area contributed by atoms with Crippen LogP contribution in [0.15, 0.2) is 30.6 Å². The van der Waals surface area contributed by atoms with E-state index in [0.717, 1.165) is 0 Å². The molecule has 0 spiro atoms. The number of hydrogen-bond acceptors (Lipinski definition) is 6. The van der Waals surface area contributed by atoms with Gasteiger partial charge in [-0.1, -0.05) is 0 Å². The van der Waals surface area contributed by atoms with Crippen LogP contribution in [0.25, 0.3) is 33.5 Å². The van der Waals surface area contributed by atoms with Gasteiger partial charge in [0.1, 0.15) is 28.2 Å². The Labute approximate surface area is 167 Å². The van der Waals surface area contributed by atoms with Gasteiger partial charge >= 0.3 is 12.6 Å². The van der Waals surface area contributed by atoms with Gasteiger partial charge in [-0.2, -0.15) is 13.9 Å². The second kappa shape index (κ2) is 7.67. The Bertz CT molecular complexity index is 1230. The maximum atomic E-state index is 12.7. The number of aliphatic hydroxyl groups excluding tert-OH is 1. The number of carboxylic acid groups (broad SMARTS) is 1. The van der Waals surface area contributed by atoms with E-state index < -0.39 is 18.7 Å². The number of H-pyrrole nitrogens is 1. The first kappa shape index (κ1) is 19.7. The van der Waals surface area contributed by atoms with Gasteiger partial charge in [-0.05, 0) is 31.5 Å². The molecule has 1 atom stereocenters. The molecule has 0 aliphatic heterocycles. The van der Waals surface area contributed by atoms with Gasteiger partial charge in [0, 0.05) is 18.1 Å². The number of nitrogens with one attached hydrogen (secondary N) is 1.